The average Bonchev–Trinajstić information content (AvgIpc) is 3.36. The molecule has 158 valence electrons. The van der Waals surface area contributed by atoms with Gasteiger partial charge in [-0.25, -0.2) is 4.39 Å². The number of hydrogen-bond donors (Lipinski definition) is 0. The van der Waals surface area contributed by atoms with Crippen LogP contribution in [-0.4, -0.2) is 82.9 Å². The number of nitrogens with zero attached hydrogens (tertiary/aromatic N) is 4. The maximum absolute atomic E-state index is 13.4. The Balaban J connectivity index is 1.27. The fourth-order valence-electron chi connectivity index (χ4n) is 3.76. The van der Waals surface area contributed by atoms with Crippen molar-refractivity contribution in [1.82, 2.24) is 14.7 Å². The molecule has 1 atom stereocenters. The standard InChI is InChI=1S/C20H21FN4O5/c21-14-3-1-2-13(10-14)15-11-16(30-22-15)20(29)24-8-6-23(7-9-24)19(28)12-25-17(26)4-5-18(25)27/h1-3,10,16H,4-9,11-12H2. The van der Waals surface area contributed by atoms with E-state index in [0.717, 1.165) is 4.90 Å². The first kappa shape index (κ1) is 20.0. The Morgan fingerprint density at radius 2 is 1.73 bits per heavy atom. The number of halogens is 1. The number of amides is 4. The van der Waals surface area contributed by atoms with Gasteiger partial charge in [0.05, 0.1) is 5.71 Å². The van der Waals surface area contributed by atoms with Gasteiger partial charge >= 0.3 is 0 Å². The van der Waals surface area contributed by atoms with Gasteiger partial charge in [0.25, 0.3) is 5.91 Å². The predicted molar refractivity (Wildman–Crippen MR) is 102 cm³/mol. The van der Waals surface area contributed by atoms with Gasteiger partial charge in [-0.3, -0.25) is 24.1 Å². The van der Waals surface area contributed by atoms with Crippen LogP contribution in [-0.2, 0) is 24.0 Å². The fraction of sp³-hybridized carbons (Fsp3) is 0.450. The number of imide groups is 1. The molecule has 4 amide bonds. The molecule has 0 radical (unpaired) electrons. The van der Waals surface area contributed by atoms with E-state index in [9.17, 15) is 23.6 Å². The van der Waals surface area contributed by atoms with Crippen molar-refractivity contribution in [2.24, 2.45) is 5.16 Å². The molecule has 1 unspecified atom stereocenters. The molecule has 0 spiro atoms. The molecule has 1 aromatic carbocycles. The Hall–Kier alpha value is -3.30. The summed E-state index contributed by atoms with van der Waals surface area (Å²) >= 11 is 0. The predicted octanol–water partition coefficient (Wildman–Crippen LogP) is 0.139. The van der Waals surface area contributed by atoms with E-state index in [-0.39, 0.29) is 55.3 Å². The summed E-state index contributed by atoms with van der Waals surface area (Å²) < 4.78 is 13.4. The molecule has 4 rings (SSSR count). The smallest absolute Gasteiger partial charge is 0.267 e. The van der Waals surface area contributed by atoms with Crippen molar-refractivity contribution >= 4 is 29.3 Å². The Kier molecular flexibility index (Phi) is 5.47. The zero-order chi connectivity index (χ0) is 21.3. The lowest BCUT2D eigenvalue weighted by Crippen LogP contribution is -2.54. The molecule has 0 aromatic heterocycles. The second-order valence-electron chi connectivity index (χ2n) is 7.43. The first-order valence-corrected chi connectivity index (χ1v) is 9.81. The van der Waals surface area contributed by atoms with Crippen molar-refractivity contribution in [3.05, 3.63) is 35.6 Å². The number of benzene rings is 1. The quantitative estimate of drug-likeness (QED) is 0.650. The van der Waals surface area contributed by atoms with Crippen LogP contribution in [0.2, 0.25) is 0 Å². The van der Waals surface area contributed by atoms with E-state index < -0.39 is 6.10 Å². The number of piperazine rings is 1. The van der Waals surface area contributed by atoms with E-state index in [2.05, 4.69) is 5.16 Å². The van der Waals surface area contributed by atoms with Gasteiger partial charge in [-0.2, -0.15) is 0 Å². The monoisotopic (exact) mass is 416 g/mol. The highest BCUT2D eigenvalue weighted by atomic mass is 19.1. The lowest BCUT2D eigenvalue weighted by atomic mass is 10.0. The Labute approximate surface area is 172 Å². The minimum Gasteiger partial charge on any atom is -0.382 e. The highest BCUT2D eigenvalue weighted by Gasteiger charge is 2.36. The summed E-state index contributed by atoms with van der Waals surface area (Å²) in [5, 5.41) is 3.93. The van der Waals surface area contributed by atoms with Gasteiger partial charge in [-0.05, 0) is 12.1 Å². The van der Waals surface area contributed by atoms with Crippen LogP contribution in [0.25, 0.3) is 0 Å². The first-order valence-electron chi connectivity index (χ1n) is 9.81. The van der Waals surface area contributed by atoms with E-state index in [0.29, 0.717) is 37.5 Å². The molecule has 30 heavy (non-hydrogen) atoms. The van der Waals surface area contributed by atoms with Gasteiger partial charge in [-0.1, -0.05) is 17.3 Å². The van der Waals surface area contributed by atoms with Crippen LogP contribution in [0, 0.1) is 5.82 Å². The number of likely N-dealkylation sites (tertiary alicyclic amines) is 1. The van der Waals surface area contributed by atoms with Crippen molar-refractivity contribution in [1.29, 1.82) is 0 Å². The molecule has 0 N–H and O–H groups in total. The molecule has 3 aliphatic heterocycles. The minimum atomic E-state index is -0.773. The Morgan fingerprint density at radius 3 is 2.40 bits per heavy atom. The lowest BCUT2D eigenvalue weighted by Gasteiger charge is -2.36. The first-order chi connectivity index (χ1) is 14.4. The van der Waals surface area contributed by atoms with Crippen molar-refractivity contribution in [3.63, 3.8) is 0 Å². The summed E-state index contributed by atoms with van der Waals surface area (Å²) in [6.45, 7) is 1.02. The second-order valence-corrected chi connectivity index (χ2v) is 7.43. The molecule has 3 aliphatic rings. The third-order valence-corrected chi connectivity index (χ3v) is 5.49. The van der Waals surface area contributed by atoms with Crippen molar-refractivity contribution in [2.75, 3.05) is 32.7 Å². The molecule has 0 bridgehead atoms. The SMILES string of the molecule is O=C(CN1C(=O)CCC1=O)N1CCN(C(=O)C2CC(c3cccc(F)c3)=NO2)CC1. The maximum atomic E-state index is 13.4. The second kappa shape index (κ2) is 8.21. The topological polar surface area (TPSA) is 99.6 Å². The van der Waals surface area contributed by atoms with Gasteiger partial charge in [0.2, 0.25) is 23.8 Å². The zero-order valence-electron chi connectivity index (χ0n) is 16.3. The molecular formula is C20H21FN4O5. The third kappa shape index (κ3) is 4.03. The summed E-state index contributed by atoms with van der Waals surface area (Å²) in [6, 6.07) is 5.95. The summed E-state index contributed by atoms with van der Waals surface area (Å²) in [5.74, 6) is -1.57. The van der Waals surface area contributed by atoms with Gasteiger partial charge in [-0.15, -0.1) is 0 Å². The van der Waals surface area contributed by atoms with Crippen molar-refractivity contribution in [2.45, 2.75) is 25.4 Å². The van der Waals surface area contributed by atoms with Crippen LogP contribution >= 0.6 is 0 Å². The fourth-order valence-corrected chi connectivity index (χ4v) is 3.76. The lowest BCUT2D eigenvalue weighted by molar-refractivity contribution is -0.149. The van der Waals surface area contributed by atoms with Gasteiger partial charge in [0.15, 0.2) is 0 Å². The van der Waals surface area contributed by atoms with E-state index in [1.54, 1.807) is 21.9 Å². The third-order valence-electron chi connectivity index (χ3n) is 5.49. The highest BCUT2D eigenvalue weighted by molar-refractivity contribution is 6.05. The van der Waals surface area contributed by atoms with Crippen LogP contribution in [0.4, 0.5) is 4.39 Å². The molecule has 3 heterocycles. The Bertz CT molecular complexity index is 910. The van der Waals surface area contributed by atoms with Gasteiger partial charge in [0.1, 0.15) is 12.4 Å². The number of carbonyl (C=O) groups excluding carboxylic acids is 4. The maximum Gasteiger partial charge on any atom is 0.267 e. The normalized spacial score (nSPS) is 21.7. The summed E-state index contributed by atoms with van der Waals surface area (Å²) in [5.41, 5.74) is 1.09. The zero-order valence-corrected chi connectivity index (χ0v) is 16.3. The molecule has 10 heteroatoms. The van der Waals surface area contributed by atoms with E-state index in [1.165, 1.54) is 12.1 Å². The number of hydrogen-bond acceptors (Lipinski definition) is 6. The van der Waals surface area contributed by atoms with Crippen molar-refractivity contribution < 1.29 is 28.4 Å². The Morgan fingerprint density at radius 1 is 1.07 bits per heavy atom. The van der Waals surface area contributed by atoms with Gasteiger partial charge in [0, 0.05) is 51.0 Å². The molecule has 1 aromatic rings. The average molecular weight is 416 g/mol. The molecule has 9 nitrogen and oxygen atoms in total. The highest BCUT2D eigenvalue weighted by Crippen LogP contribution is 2.20. The van der Waals surface area contributed by atoms with Crippen LogP contribution in [0.5, 0.6) is 0 Å². The summed E-state index contributed by atoms with van der Waals surface area (Å²) in [6.07, 6.45) is -0.226. The van der Waals surface area contributed by atoms with Crippen LogP contribution in [0.15, 0.2) is 29.4 Å². The minimum absolute atomic E-state index is 0.148. The number of oxime groups is 1. The van der Waals surface area contributed by atoms with Crippen LogP contribution < -0.4 is 0 Å². The molecular weight excluding hydrogens is 395 g/mol. The summed E-state index contributed by atoms with van der Waals surface area (Å²) in [7, 11) is 0. The summed E-state index contributed by atoms with van der Waals surface area (Å²) in [4.78, 5) is 57.9. The molecule has 2 fully saturated rings. The van der Waals surface area contributed by atoms with E-state index in [1.807, 2.05) is 0 Å². The van der Waals surface area contributed by atoms with Crippen molar-refractivity contribution in [3.8, 4) is 0 Å². The largest absolute Gasteiger partial charge is 0.382 e. The van der Waals surface area contributed by atoms with Crippen LogP contribution in [0.3, 0.4) is 0 Å². The van der Waals surface area contributed by atoms with E-state index in [4.69, 9.17) is 4.84 Å². The number of rotatable bonds is 4. The molecule has 0 aliphatic carbocycles. The molecule has 2 saturated heterocycles. The number of carbonyl (C=O) groups is 4. The van der Waals surface area contributed by atoms with E-state index >= 15 is 0 Å². The van der Waals surface area contributed by atoms with Gasteiger partial charge < -0.3 is 14.6 Å². The molecule has 0 saturated carbocycles. The van der Waals surface area contributed by atoms with Crippen LogP contribution in [0.1, 0.15) is 24.8 Å².